The zero-order valence-corrected chi connectivity index (χ0v) is 10.1. The summed E-state index contributed by atoms with van der Waals surface area (Å²) in [6.45, 7) is 7.61. The van der Waals surface area contributed by atoms with E-state index in [-0.39, 0.29) is 0 Å². The quantitative estimate of drug-likeness (QED) is 0.771. The number of nitriles is 1. The highest BCUT2D eigenvalue weighted by molar-refractivity contribution is 5.41. The number of nitrogens with zero attached hydrogens (tertiary/aromatic N) is 1. The largest absolute Gasteiger partial charge is 0.492 e. The lowest BCUT2D eigenvalue weighted by atomic mass is 10.1. The maximum absolute atomic E-state index is 8.78. The second-order valence-electron chi connectivity index (χ2n) is 4.05. The molecule has 0 atom stereocenters. The predicted molar refractivity (Wildman–Crippen MR) is 64.5 cm³/mol. The van der Waals surface area contributed by atoms with E-state index in [4.69, 9.17) is 10.00 Å². The molecule has 0 aliphatic carbocycles. The summed E-state index contributed by atoms with van der Waals surface area (Å²) in [5.41, 5.74) is 1.70. The number of hydrogen-bond donors (Lipinski definition) is 1. The van der Waals surface area contributed by atoms with Crippen LogP contribution >= 0.6 is 0 Å². The Balaban J connectivity index is 2.50. The first-order valence-electron chi connectivity index (χ1n) is 5.50. The summed E-state index contributed by atoms with van der Waals surface area (Å²) in [5.74, 6) is 0.796. The van der Waals surface area contributed by atoms with Crippen LogP contribution in [0, 0.1) is 18.3 Å². The van der Waals surface area contributed by atoms with Gasteiger partial charge in [0.05, 0.1) is 11.6 Å². The van der Waals surface area contributed by atoms with E-state index in [2.05, 4.69) is 25.2 Å². The minimum atomic E-state index is 0.468. The summed E-state index contributed by atoms with van der Waals surface area (Å²) < 4.78 is 5.62. The Hall–Kier alpha value is -1.53. The lowest BCUT2D eigenvalue weighted by Crippen LogP contribution is -2.27. The van der Waals surface area contributed by atoms with E-state index in [1.54, 1.807) is 12.1 Å². The maximum Gasteiger partial charge on any atom is 0.123 e. The number of rotatable bonds is 5. The molecule has 1 rings (SSSR count). The van der Waals surface area contributed by atoms with Crippen LogP contribution in [-0.2, 0) is 0 Å². The Labute approximate surface area is 97.0 Å². The molecule has 0 aromatic heterocycles. The summed E-state index contributed by atoms with van der Waals surface area (Å²) in [7, 11) is 0. The first-order chi connectivity index (χ1) is 7.63. The molecule has 0 saturated carbocycles. The van der Waals surface area contributed by atoms with Gasteiger partial charge in [0.2, 0.25) is 0 Å². The third-order valence-corrected chi connectivity index (χ3v) is 2.23. The summed E-state index contributed by atoms with van der Waals surface area (Å²) in [4.78, 5) is 0. The average Bonchev–Trinajstić information content (AvgIpc) is 2.26. The van der Waals surface area contributed by atoms with Crippen molar-refractivity contribution < 1.29 is 4.74 Å². The molecule has 0 unspecified atom stereocenters. The van der Waals surface area contributed by atoms with Crippen LogP contribution in [0.5, 0.6) is 5.75 Å². The monoisotopic (exact) mass is 218 g/mol. The Kier molecular flexibility index (Phi) is 4.81. The fourth-order valence-electron chi connectivity index (χ4n) is 1.33. The zero-order chi connectivity index (χ0) is 12.0. The maximum atomic E-state index is 8.78. The fourth-order valence-corrected chi connectivity index (χ4v) is 1.33. The highest BCUT2D eigenvalue weighted by Crippen LogP contribution is 2.18. The van der Waals surface area contributed by atoms with Crippen molar-refractivity contribution in [2.45, 2.75) is 26.8 Å². The molecule has 1 N–H and O–H groups in total. The van der Waals surface area contributed by atoms with E-state index >= 15 is 0 Å². The molecular weight excluding hydrogens is 200 g/mol. The third-order valence-electron chi connectivity index (χ3n) is 2.23. The van der Waals surface area contributed by atoms with E-state index < -0.39 is 0 Å². The van der Waals surface area contributed by atoms with Gasteiger partial charge in [-0.3, -0.25) is 0 Å². The SMILES string of the molecule is Cc1ccc(C#N)cc1OCCNC(C)C. The first kappa shape index (κ1) is 12.5. The van der Waals surface area contributed by atoms with Gasteiger partial charge < -0.3 is 10.1 Å². The molecule has 0 amide bonds. The topological polar surface area (TPSA) is 45.0 Å². The summed E-state index contributed by atoms with van der Waals surface area (Å²) in [6.07, 6.45) is 0. The molecule has 0 fully saturated rings. The second kappa shape index (κ2) is 6.14. The molecule has 16 heavy (non-hydrogen) atoms. The molecule has 86 valence electrons. The van der Waals surface area contributed by atoms with Gasteiger partial charge in [-0.25, -0.2) is 0 Å². The molecule has 1 aromatic carbocycles. The van der Waals surface area contributed by atoms with Crippen molar-refractivity contribution in [3.63, 3.8) is 0 Å². The average molecular weight is 218 g/mol. The Morgan fingerprint density at radius 2 is 2.19 bits per heavy atom. The van der Waals surface area contributed by atoms with Gasteiger partial charge in [-0.1, -0.05) is 19.9 Å². The van der Waals surface area contributed by atoms with E-state index in [0.717, 1.165) is 17.9 Å². The number of hydrogen-bond acceptors (Lipinski definition) is 3. The Bertz CT molecular complexity index is 380. The van der Waals surface area contributed by atoms with Crippen LogP contribution in [-0.4, -0.2) is 19.2 Å². The van der Waals surface area contributed by atoms with Gasteiger partial charge in [0.1, 0.15) is 12.4 Å². The Morgan fingerprint density at radius 1 is 1.44 bits per heavy atom. The van der Waals surface area contributed by atoms with E-state index in [9.17, 15) is 0 Å². The summed E-state index contributed by atoms with van der Waals surface area (Å²) in [5, 5.41) is 12.1. The van der Waals surface area contributed by atoms with Gasteiger partial charge in [0.25, 0.3) is 0 Å². The van der Waals surface area contributed by atoms with Crippen molar-refractivity contribution in [1.82, 2.24) is 5.32 Å². The van der Waals surface area contributed by atoms with Crippen LogP contribution in [0.2, 0.25) is 0 Å². The molecule has 3 nitrogen and oxygen atoms in total. The minimum absolute atomic E-state index is 0.468. The van der Waals surface area contributed by atoms with Crippen molar-refractivity contribution in [2.75, 3.05) is 13.2 Å². The van der Waals surface area contributed by atoms with E-state index in [1.807, 2.05) is 13.0 Å². The molecule has 1 aromatic rings. The summed E-state index contributed by atoms with van der Waals surface area (Å²) >= 11 is 0. The first-order valence-corrected chi connectivity index (χ1v) is 5.50. The van der Waals surface area contributed by atoms with Crippen LogP contribution in [0.1, 0.15) is 25.0 Å². The molecule has 0 radical (unpaired) electrons. The highest BCUT2D eigenvalue weighted by Gasteiger charge is 2.01. The van der Waals surface area contributed by atoms with Gasteiger partial charge in [0.15, 0.2) is 0 Å². The van der Waals surface area contributed by atoms with Crippen LogP contribution in [0.4, 0.5) is 0 Å². The van der Waals surface area contributed by atoms with Crippen molar-refractivity contribution in [1.29, 1.82) is 5.26 Å². The number of aryl methyl sites for hydroxylation is 1. The lowest BCUT2D eigenvalue weighted by molar-refractivity contribution is 0.307. The number of benzene rings is 1. The molecule has 3 heteroatoms. The van der Waals surface area contributed by atoms with Crippen molar-refractivity contribution in [2.24, 2.45) is 0 Å². The van der Waals surface area contributed by atoms with Gasteiger partial charge in [-0.05, 0) is 24.6 Å². The van der Waals surface area contributed by atoms with Crippen molar-refractivity contribution in [3.8, 4) is 11.8 Å². The normalized spacial score (nSPS) is 10.2. The lowest BCUT2D eigenvalue weighted by Gasteiger charge is -2.11. The second-order valence-corrected chi connectivity index (χ2v) is 4.05. The van der Waals surface area contributed by atoms with Crippen LogP contribution in [0.25, 0.3) is 0 Å². The van der Waals surface area contributed by atoms with Crippen molar-refractivity contribution in [3.05, 3.63) is 29.3 Å². The van der Waals surface area contributed by atoms with Crippen LogP contribution in [0.3, 0.4) is 0 Å². The van der Waals surface area contributed by atoms with Gasteiger partial charge >= 0.3 is 0 Å². The predicted octanol–water partition coefficient (Wildman–Crippen LogP) is 2.24. The summed E-state index contributed by atoms with van der Waals surface area (Å²) in [6, 6.07) is 8.06. The van der Waals surface area contributed by atoms with E-state index in [0.29, 0.717) is 18.2 Å². The molecule has 0 bridgehead atoms. The standard InChI is InChI=1S/C13H18N2O/c1-10(2)15-6-7-16-13-8-12(9-14)5-4-11(13)3/h4-5,8,10,15H,6-7H2,1-3H3. The van der Waals surface area contributed by atoms with Crippen LogP contribution in [0.15, 0.2) is 18.2 Å². The van der Waals surface area contributed by atoms with Gasteiger partial charge in [-0.2, -0.15) is 5.26 Å². The van der Waals surface area contributed by atoms with E-state index in [1.165, 1.54) is 0 Å². The minimum Gasteiger partial charge on any atom is -0.492 e. The third kappa shape index (κ3) is 3.92. The molecule has 0 saturated heterocycles. The number of nitrogens with one attached hydrogen (secondary N) is 1. The van der Waals surface area contributed by atoms with Crippen molar-refractivity contribution >= 4 is 0 Å². The highest BCUT2D eigenvalue weighted by atomic mass is 16.5. The fraction of sp³-hybridized carbons (Fsp3) is 0.462. The van der Waals surface area contributed by atoms with Gasteiger partial charge in [0, 0.05) is 12.6 Å². The van der Waals surface area contributed by atoms with Crippen LogP contribution < -0.4 is 10.1 Å². The molecule has 0 aliphatic rings. The molecular formula is C13H18N2O. The Morgan fingerprint density at radius 3 is 2.81 bits per heavy atom. The zero-order valence-electron chi connectivity index (χ0n) is 10.1. The molecule has 0 heterocycles. The smallest absolute Gasteiger partial charge is 0.123 e. The van der Waals surface area contributed by atoms with Gasteiger partial charge in [-0.15, -0.1) is 0 Å². The molecule has 0 spiro atoms. The number of ether oxygens (including phenoxy) is 1. The molecule has 0 aliphatic heterocycles.